The van der Waals surface area contributed by atoms with Crippen molar-refractivity contribution in [1.82, 2.24) is 0 Å². The molecule has 0 amide bonds. The van der Waals surface area contributed by atoms with E-state index in [0.717, 1.165) is 11.8 Å². The molecule has 1 rings (SSSR count). The largest absolute Gasteiger partial charge is 0.512 e. The first-order valence-corrected chi connectivity index (χ1v) is 6.12. The minimum atomic E-state index is -0.210. The molecule has 3 nitrogen and oxygen atoms in total. The molecule has 0 fully saturated rings. The summed E-state index contributed by atoms with van der Waals surface area (Å²) < 4.78 is 0. The quantitative estimate of drug-likeness (QED) is 0.659. The molecule has 90 valence electrons. The summed E-state index contributed by atoms with van der Waals surface area (Å²) in [5.41, 5.74) is 0.885. The Kier molecular flexibility index (Phi) is 4.97. The van der Waals surface area contributed by atoms with Gasteiger partial charge in [0.05, 0.1) is 5.76 Å². The predicted molar refractivity (Wildman–Crippen MR) is 69.2 cm³/mol. The number of carbonyl (C=O) groups excluding carboxylic acids is 2. The van der Waals surface area contributed by atoms with Crippen LogP contribution in [0, 0.1) is 0 Å². The third-order valence-corrected chi connectivity index (χ3v) is 3.15. The zero-order chi connectivity index (χ0) is 12.8. The molecule has 0 atom stereocenters. The minimum Gasteiger partial charge on any atom is -0.512 e. The highest BCUT2D eigenvalue weighted by molar-refractivity contribution is 8.14. The molecule has 0 aromatic heterocycles. The van der Waals surface area contributed by atoms with Gasteiger partial charge in [-0.05, 0) is 13.8 Å². The molecule has 0 heterocycles. The highest BCUT2D eigenvalue weighted by Gasteiger charge is 2.12. The number of hydrogen-bond donors (Lipinski definition) is 1. The first kappa shape index (κ1) is 13.5. The smallest absolute Gasteiger partial charge is 0.219 e. The van der Waals surface area contributed by atoms with Gasteiger partial charge in [0.2, 0.25) is 5.12 Å². The summed E-state index contributed by atoms with van der Waals surface area (Å²) in [6, 6.07) is 8.84. The highest BCUT2D eigenvalue weighted by atomic mass is 32.2. The lowest BCUT2D eigenvalue weighted by Gasteiger charge is -2.04. The lowest BCUT2D eigenvalue weighted by Crippen LogP contribution is -2.05. The zero-order valence-corrected chi connectivity index (χ0v) is 10.6. The van der Waals surface area contributed by atoms with Gasteiger partial charge in [0.1, 0.15) is 0 Å². The summed E-state index contributed by atoms with van der Waals surface area (Å²) in [7, 11) is 0. The second-order valence-electron chi connectivity index (χ2n) is 3.56. The number of Topliss-reactive ketones (excluding diaryl/α,β-unsaturated/α-hetero) is 1. The standard InChI is InChI=1S/C13H14O3S/c1-9(14)12(10(2)15)8-17-13(16)11-6-4-3-5-7-11/h3-7,14H,8H2,1-2H3/b12-9-. The summed E-state index contributed by atoms with van der Waals surface area (Å²) in [4.78, 5) is 22.9. The maximum absolute atomic E-state index is 11.7. The maximum Gasteiger partial charge on any atom is 0.219 e. The lowest BCUT2D eigenvalue weighted by atomic mass is 10.2. The van der Waals surface area contributed by atoms with E-state index in [2.05, 4.69) is 0 Å². The van der Waals surface area contributed by atoms with Gasteiger partial charge in [0, 0.05) is 16.9 Å². The maximum atomic E-state index is 11.7. The van der Waals surface area contributed by atoms with Crippen molar-refractivity contribution >= 4 is 22.7 Å². The van der Waals surface area contributed by atoms with Gasteiger partial charge in [-0.2, -0.15) is 0 Å². The summed E-state index contributed by atoms with van der Waals surface area (Å²) in [6.07, 6.45) is 0. The Morgan fingerprint density at radius 3 is 2.24 bits per heavy atom. The Balaban J connectivity index is 2.66. The number of allylic oxidation sites excluding steroid dienone is 1. The Morgan fingerprint density at radius 2 is 1.76 bits per heavy atom. The number of aliphatic hydroxyl groups is 1. The number of thioether (sulfide) groups is 1. The predicted octanol–water partition coefficient (Wildman–Crippen LogP) is 2.98. The van der Waals surface area contributed by atoms with Crippen molar-refractivity contribution in [3.8, 4) is 0 Å². The van der Waals surface area contributed by atoms with E-state index >= 15 is 0 Å². The van der Waals surface area contributed by atoms with Gasteiger partial charge in [-0.25, -0.2) is 0 Å². The lowest BCUT2D eigenvalue weighted by molar-refractivity contribution is -0.113. The molecule has 4 heteroatoms. The third-order valence-electron chi connectivity index (χ3n) is 2.22. The van der Waals surface area contributed by atoms with Crippen LogP contribution in [-0.2, 0) is 4.79 Å². The van der Waals surface area contributed by atoms with Crippen molar-refractivity contribution in [1.29, 1.82) is 0 Å². The normalized spacial score (nSPS) is 11.9. The Morgan fingerprint density at radius 1 is 1.18 bits per heavy atom. The van der Waals surface area contributed by atoms with Crippen molar-refractivity contribution in [2.24, 2.45) is 0 Å². The summed E-state index contributed by atoms with van der Waals surface area (Å²) in [6.45, 7) is 2.83. The van der Waals surface area contributed by atoms with E-state index in [1.54, 1.807) is 24.3 Å². The molecular weight excluding hydrogens is 236 g/mol. The molecule has 1 N–H and O–H groups in total. The monoisotopic (exact) mass is 250 g/mol. The fourth-order valence-corrected chi connectivity index (χ4v) is 2.25. The van der Waals surface area contributed by atoms with E-state index in [4.69, 9.17) is 0 Å². The summed E-state index contributed by atoms with van der Waals surface area (Å²) in [5, 5.41) is 9.19. The third kappa shape index (κ3) is 4.07. The number of benzene rings is 1. The number of carbonyl (C=O) groups is 2. The average Bonchev–Trinajstić information content (AvgIpc) is 2.29. The van der Waals surface area contributed by atoms with Crippen LogP contribution in [0.2, 0.25) is 0 Å². The van der Waals surface area contributed by atoms with Crippen molar-refractivity contribution in [2.75, 3.05) is 5.75 Å². The molecule has 0 saturated carbocycles. The second kappa shape index (κ2) is 6.25. The first-order chi connectivity index (χ1) is 8.02. The number of rotatable bonds is 4. The molecule has 0 saturated heterocycles. The van der Waals surface area contributed by atoms with Gasteiger partial charge in [-0.15, -0.1) is 0 Å². The molecule has 1 aromatic rings. The molecular formula is C13H14O3S. The van der Waals surface area contributed by atoms with Crippen LogP contribution < -0.4 is 0 Å². The van der Waals surface area contributed by atoms with Crippen LogP contribution in [0.1, 0.15) is 24.2 Å². The summed E-state index contributed by atoms with van der Waals surface area (Å²) >= 11 is 1.02. The topological polar surface area (TPSA) is 54.4 Å². The average molecular weight is 250 g/mol. The van der Waals surface area contributed by atoms with E-state index in [1.165, 1.54) is 13.8 Å². The number of hydrogen-bond acceptors (Lipinski definition) is 4. The van der Waals surface area contributed by atoms with Crippen LogP contribution >= 0.6 is 11.8 Å². The van der Waals surface area contributed by atoms with Gasteiger partial charge in [-0.1, -0.05) is 42.1 Å². The van der Waals surface area contributed by atoms with Crippen LogP contribution in [-0.4, -0.2) is 21.8 Å². The van der Waals surface area contributed by atoms with Crippen LogP contribution in [0.15, 0.2) is 41.7 Å². The van der Waals surface area contributed by atoms with Crippen LogP contribution in [0.25, 0.3) is 0 Å². The van der Waals surface area contributed by atoms with Crippen molar-refractivity contribution in [3.05, 3.63) is 47.2 Å². The van der Waals surface area contributed by atoms with E-state index < -0.39 is 0 Å². The van der Waals surface area contributed by atoms with Crippen LogP contribution in [0.4, 0.5) is 0 Å². The number of aliphatic hydroxyl groups excluding tert-OH is 1. The summed E-state index contributed by atoms with van der Waals surface area (Å²) in [5.74, 6) is -0.0324. The van der Waals surface area contributed by atoms with Crippen LogP contribution in [0.3, 0.4) is 0 Å². The molecule has 0 spiro atoms. The van der Waals surface area contributed by atoms with Gasteiger partial charge in [0.15, 0.2) is 5.78 Å². The molecule has 0 bridgehead atoms. The highest BCUT2D eigenvalue weighted by Crippen LogP contribution is 2.17. The second-order valence-corrected chi connectivity index (χ2v) is 4.51. The Bertz CT molecular complexity index is 445. The van der Waals surface area contributed by atoms with Gasteiger partial charge >= 0.3 is 0 Å². The van der Waals surface area contributed by atoms with Crippen molar-refractivity contribution < 1.29 is 14.7 Å². The molecule has 0 aliphatic heterocycles. The van der Waals surface area contributed by atoms with E-state index in [1.807, 2.05) is 6.07 Å². The van der Waals surface area contributed by atoms with Gasteiger partial charge in [-0.3, -0.25) is 9.59 Å². The van der Waals surface area contributed by atoms with Gasteiger partial charge < -0.3 is 5.11 Å². The molecule has 0 radical (unpaired) electrons. The first-order valence-electron chi connectivity index (χ1n) is 5.14. The molecule has 1 aromatic carbocycles. The Labute approximate surface area is 105 Å². The van der Waals surface area contributed by atoms with Crippen LogP contribution in [0.5, 0.6) is 0 Å². The minimum absolute atomic E-state index is 0.0224. The molecule has 0 aliphatic carbocycles. The Hall–Kier alpha value is -1.55. The SMILES string of the molecule is CC(=O)/C(CSC(=O)c1ccccc1)=C(/C)O. The van der Waals surface area contributed by atoms with Gasteiger partial charge in [0.25, 0.3) is 0 Å². The molecule has 0 unspecified atom stereocenters. The van der Waals surface area contributed by atoms with Crippen molar-refractivity contribution in [3.63, 3.8) is 0 Å². The fraction of sp³-hybridized carbons (Fsp3) is 0.231. The fourth-order valence-electron chi connectivity index (χ4n) is 1.26. The van der Waals surface area contributed by atoms with E-state index in [0.29, 0.717) is 11.1 Å². The van der Waals surface area contributed by atoms with Crippen molar-refractivity contribution in [2.45, 2.75) is 13.8 Å². The molecule has 17 heavy (non-hydrogen) atoms. The van der Waals surface area contributed by atoms with E-state index in [9.17, 15) is 14.7 Å². The zero-order valence-electron chi connectivity index (χ0n) is 9.77. The molecule has 0 aliphatic rings. The number of ketones is 1. The van der Waals surface area contributed by atoms with E-state index in [-0.39, 0.29) is 22.4 Å².